The molecule has 1 N–H and O–H groups in total. The van der Waals surface area contributed by atoms with E-state index < -0.39 is 0 Å². The van der Waals surface area contributed by atoms with Crippen molar-refractivity contribution >= 4 is 22.6 Å². The Hall–Kier alpha value is -3.44. The molecule has 3 heterocycles. The fourth-order valence-corrected chi connectivity index (χ4v) is 4.63. The number of likely N-dealkylation sites (tertiary alicyclic amines) is 1. The highest BCUT2D eigenvalue weighted by atomic mass is 16.3. The Labute approximate surface area is 194 Å². The second-order valence-corrected chi connectivity index (χ2v) is 9.07. The lowest BCUT2D eigenvalue weighted by atomic mass is 9.94. The first-order chi connectivity index (χ1) is 16.1. The van der Waals surface area contributed by atoms with E-state index in [1.54, 1.807) is 6.20 Å². The van der Waals surface area contributed by atoms with Gasteiger partial charge in [-0.1, -0.05) is 42.8 Å². The molecule has 1 atom stereocenters. The largest absolute Gasteiger partial charge is 0.457 e. The first kappa shape index (κ1) is 21.4. The first-order valence-electron chi connectivity index (χ1n) is 11.6. The van der Waals surface area contributed by atoms with Crippen LogP contribution in [0, 0.1) is 12.8 Å². The molecule has 168 valence electrons. The molecule has 1 amide bonds. The van der Waals surface area contributed by atoms with E-state index in [1.807, 2.05) is 67.7 Å². The van der Waals surface area contributed by atoms with E-state index in [0.29, 0.717) is 11.5 Å². The van der Waals surface area contributed by atoms with Gasteiger partial charge in [0.1, 0.15) is 5.58 Å². The number of hydrogen-bond donors (Lipinski definition) is 1. The van der Waals surface area contributed by atoms with Crippen LogP contribution in [-0.2, 0) is 0 Å². The molecule has 0 unspecified atom stereocenters. The molecule has 5 nitrogen and oxygen atoms in total. The quantitative estimate of drug-likeness (QED) is 0.402. The molecule has 1 saturated heterocycles. The van der Waals surface area contributed by atoms with Gasteiger partial charge in [-0.05, 0) is 74.7 Å². The molecule has 4 aromatic rings. The summed E-state index contributed by atoms with van der Waals surface area (Å²) in [4.78, 5) is 20.1. The summed E-state index contributed by atoms with van der Waals surface area (Å²) in [5, 5.41) is 4.10. The van der Waals surface area contributed by atoms with Gasteiger partial charge in [-0.25, -0.2) is 0 Å². The zero-order valence-electron chi connectivity index (χ0n) is 19.1. The fourth-order valence-electron chi connectivity index (χ4n) is 4.63. The average Bonchev–Trinajstić information content (AvgIpc) is 3.19. The maximum absolute atomic E-state index is 13.2. The summed E-state index contributed by atoms with van der Waals surface area (Å²) < 4.78 is 6.47. The van der Waals surface area contributed by atoms with Crippen LogP contribution < -0.4 is 5.32 Å². The van der Waals surface area contributed by atoms with Gasteiger partial charge in [-0.2, -0.15) is 0 Å². The summed E-state index contributed by atoms with van der Waals surface area (Å²) in [5.41, 5.74) is 4.32. The summed E-state index contributed by atoms with van der Waals surface area (Å²) in [7, 11) is 0. The van der Waals surface area contributed by atoms with Crippen molar-refractivity contribution in [2.45, 2.75) is 32.7 Å². The van der Waals surface area contributed by atoms with E-state index in [0.717, 1.165) is 59.5 Å². The first-order valence-corrected chi connectivity index (χ1v) is 11.6. The lowest BCUT2D eigenvalue weighted by Gasteiger charge is -2.36. The molecule has 1 fully saturated rings. The van der Waals surface area contributed by atoms with Gasteiger partial charge in [-0.3, -0.25) is 14.7 Å². The lowest BCUT2D eigenvalue weighted by Crippen LogP contribution is -2.37. The van der Waals surface area contributed by atoms with Crippen LogP contribution in [0.5, 0.6) is 0 Å². The van der Waals surface area contributed by atoms with Crippen LogP contribution >= 0.6 is 0 Å². The smallest absolute Gasteiger partial charge is 0.255 e. The number of nitrogens with one attached hydrogen (secondary N) is 1. The highest BCUT2D eigenvalue weighted by Gasteiger charge is 2.32. The molecule has 5 rings (SSSR count). The molecule has 0 radical (unpaired) electrons. The number of benzene rings is 2. The normalized spacial score (nSPS) is 16.1. The third kappa shape index (κ3) is 4.41. The number of fused-ring (bicyclic) bond motifs is 1. The number of aryl methyl sites for hydroxylation is 1. The van der Waals surface area contributed by atoms with Crippen LogP contribution in [0.1, 0.15) is 53.1 Å². The number of carbonyl (C=O) groups is 1. The van der Waals surface area contributed by atoms with Crippen molar-refractivity contribution < 1.29 is 9.21 Å². The highest BCUT2D eigenvalue weighted by Crippen LogP contribution is 2.41. The van der Waals surface area contributed by atoms with E-state index >= 15 is 0 Å². The number of hydrogen-bond acceptors (Lipinski definition) is 4. The molecule has 0 bridgehead atoms. The van der Waals surface area contributed by atoms with Crippen molar-refractivity contribution in [3.8, 4) is 0 Å². The number of anilines is 1. The molecule has 1 aliphatic rings. The SMILES string of the molecule is Cc1ccc(C(=O)Nc2c([C@H](c3cccnc3)N3CCC(C)CC3)oc3ccccc23)cc1. The minimum absolute atomic E-state index is 0.119. The summed E-state index contributed by atoms with van der Waals surface area (Å²) in [6.07, 6.45) is 5.98. The van der Waals surface area contributed by atoms with Crippen LogP contribution in [0.2, 0.25) is 0 Å². The molecule has 0 saturated carbocycles. The minimum atomic E-state index is -0.139. The summed E-state index contributed by atoms with van der Waals surface area (Å²) in [6, 6.07) is 19.5. The summed E-state index contributed by atoms with van der Waals surface area (Å²) in [6.45, 7) is 6.28. The van der Waals surface area contributed by atoms with Gasteiger partial charge in [0, 0.05) is 23.3 Å². The maximum atomic E-state index is 13.2. The number of furan rings is 1. The lowest BCUT2D eigenvalue weighted by molar-refractivity contribution is 0.102. The topological polar surface area (TPSA) is 58.4 Å². The molecule has 0 aliphatic carbocycles. The number of pyridine rings is 1. The molecular formula is C28H29N3O2. The number of carbonyl (C=O) groups excluding carboxylic acids is 1. The van der Waals surface area contributed by atoms with E-state index in [-0.39, 0.29) is 11.9 Å². The number of amides is 1. The molecule has 2 aromatic carbocycles. The fraction of sp³-hybridized carbons (Fsp3) is 0.286. The van der Waals surface area contributed by atoms with Gasteiger partial charge in [0.05, 0.1) is 11.7 Å². The van der Waals surface area contributed by atoms with Gasteiger partial charge in [0.25, 0.3) is 5.91 Å². The van der Waals surface area contributed by atoms with Crippen molar-refractivity contribution in [2.24, 2.45) is 5.92 Å². The monoisotopic (exact) mass is 439 g/mol. The van der Waals surface area contributed by atoms with Gasteiger partial charge < -0.3 is 9.73 Å². The predicted octanol–water partition coefficient (Wildman–Crippen LogP) is 6.21. The van der Waals surface area contributed by atoms with Crippen LogP contribution in [0.15, 0.2) is 77.5 Å². The third-order valence-electron chi connectivity index (χ3n) is 6.61. The van der Waals surface area contributed by atoms with Crippen molar-refractivity contribution in [1.29, 1.82) is 0 Å². The Kier molecular flexibility index (Phi) is 5.97. The van der Waals surface area contributed by atoms with Crippen molar-refractivity contribution in [3.63, 3.8) is 0 Å². The van der Waals surface area contributed by atoms with E-state index in [4.69, 9.17) is 4.42 Å². The number of rotatable bonds is 5. The number of piperidine rings is 1. The van der Waals surface area contributed by atoms with Crippen LogP contribution in [0.3, 0.4) is 0 Å². The van der Waals surface area contributed by atoms with Gasteiger partial charge in [0.2, 0.25) is 0 Å². The molecular weight excluding hydrogens is 410 g/mol. The van der Waals surface area contributed by atoms with E-state index in [1.165, 1.54) is 0 Å². The van der Waals surface area contributed by atoms with Crippen molar-refractivity contribution in [1.82, 2.24) is 9.88 Å². The van der Waals surface area contributed by atoms with E-state index in [2.05, 4.69) is 28.2 Å². The molecule has 0 spiro atoms. The summed E-state index contributed by atoms with van der Waals surface area (Å²) in [5.74, 6) is 1.34. The number of para-hydroxylation sites is 1. The van der Waals surface area contributed by atoms with Gasteiger partial charge in [0.15, 0.2) is 5.76 Å². The Morgan fingerprint density at radius 1 is 1.06 bits per heavy atom. The molecule has 1 aliphatic heterocycles. The van der Waals surface area contributed by atoms with Crippen LogP contribution in [0.4, 0.5) is 5.69 Å². The van der Waals surface area contributed by atoms with Crippen LogP contribution in [-0.4, -0.2) is 28.9 Å². The number of aromatic nitrogens is 1. The molecule has 2 aromatic heterocycles. The van der Waals surface area contributed by atoms with Crippen molar-refractivity contribution in [3.05, 3.63) is 95.5 Å². The van der Waals surface area contributed by atoms with Crippen molar-refractivity contribution in [2.75, 3.05) is 18.4 Å². The summed E-state index contributed by atoms with van der Waals surface area (Å²) >= 11 is 0. The highest BCUT2D eigenvalue weighted by molar-refractivity contribution is 6.09. The van der Waals surface area contributed by atoms with E-state index in [9.17, 15) is 4.79 Å². The van der Waals surface area contributed by atoms with Gasteiger partial charge >= 0.3 is 0 Å². The maximum Gasteiger partial charge on any atom is 0.255 e. The molecule has 33 heavy (non-hydrogen) atoms. The second-order valence-electron chi connectivity index (χ2n) is 9.07. The standard InChI is InChI=1S/C28H29N3O2/c1-19-9-11-21(12-10-19)28(32)30-25-23-7-3-4-8-24(23)33-27(25)26(22-6-5-15-29-18-22)31-16-13-20(2)14-17-31/h3-12,15,18,20,26H,13-14,16-17H2,1-2H3,(H,30,32)/t26-/m0/s1. The Bertz CT molecular complexity index is 1240. The Morgan fingerprint density at radius 3 is 2.55 bits per heavy atom. The number of nitrogens with zero attached hydrogens (tertiary/aromatic N) is 2. The zero-order valence-corrected chi connectivity index (χ0v) is 19.1. The Balaban J connectivity index is 1.60. The zero-order chi connectivity index (χ0) is 22.8. The predicted molar refractivity (Wildman–Crippen MR) is 131 cm³/mol. The van der Waals surface area contributed by atoms with Gasteiger partial charge in [-0.15, -0.1) is 0 Å². The molecule has 5 heteroatoms. The average molecular weight is 440 g/mol. The minimum Gasteiger partial charge on any atom is -0.457 e. The van der Waals surface area contributed by atoms with Crippen LogP contribution in [0.25, 0.3) is 11.0 Å². The third-order valence-corrected chi connectivity index (χ3v) is 6.61. The second kappa shape index (κ2) is 9.20. The Morgan fingerprint density at radius 2 is 1.82 bits per heavy atom.